The summed E-state index contributed by atoms with van der Waals surface area (Å²) in [6.45, 7) is 4.82. The van der Waals surface area contributed by atoms with Gasteiger partial charge in [-0.2, -0.15) is 0 Å². The van der Waals surface area contributed by atoms with Gasteiger partial charge < -0.3 is 5.32 Å². The molecule has 0 atom stereocenters. The van der Waals surface area contributed by atoms with Gasteiger partial charge in [0.1, 0.15) is 6.33 Å². The Morgan fingerprint density at radius 2 is 2.00 bits per heavy atom. The Bertz CT molecular complexity index is 927. The Labute approximate surface area is 155 Å². The summed E-state index contributed by atoms with van der Waals surface area (Å²) < 4.78 is 0. The molecule has 0 unspecified atom stereocenters. The van der Waals surface area contributed by atoms with Crippen LogP contribution < -0.4 is 5.32 Å². The van der Waals surface area contributed by atoms with Crippen molar-refractivity contribution in [2.45, 2.75) is 30.2 Å². The maximum Gasteiger partial charge on any atom is 0.343 e. The van der Waals surface area contributed by atoms with Gasteiger partial charge >= 0.3 is 5.69 Å². The first-order valence-corrected chi connectivity index (χ1v) is 9.12. The van der Waals surface area contributed by atoms with Crippen LogP contribution in [0.15, 0.2) is 52.8 Å². The van der Waals surface area contributed by atoms with Gasteiger partial charge in [0.25, 0.3) is 0 Å². The summed E-state index contributed by atoms with van der Waals surface area (Å²) in [4.78, 5) is 24.6. The highest BCUT2D eigenvalue weighted by Crippen LogP contribution is 2.38. The van der Waals surface area contributed by atoms with Gasteiger partial charge in [-0.1, -0.05) is 43.8 Å². The number of anilines is 1. The summed E-state index contributed by atoms with van der Waals surface area (Å²) in [5.74, 6) is 0.750. The first kappa shape index (κ1) is 18.1. The first-order chi connectivity index (χ1) is 12.6. The molecule has 0 aliphatic rings. The van der Waals surface area contributed by atoms with Crippen molar-refractivity contribution in [1.82, 2.24) is 15.0 Å². The van der Waals surface area contributed by atoms with E-state index in [2.05, 4.69) is 34.1 Å². The highest BCUT2D eigenvalue weighted by atomic mass is 32.2. The van der Waals surface area contributed by atoms with E-state index in [-0.39, 0.29) is 11.5 Å². The fourth-order valence-electron chi connectivity index (χ4n) is 2.47. The zero-order chi connectivity index (χ0) is 18.5. The zero-order valence-electron chi connectivity index (χ0n) is 14.5. The number of para-hydroxylation sites is 1. The van der Waals surface area contributed by atoms with Gasteiger partial charge in [-0.15, -0.1) is 0 Å². The summed E-state index contributed by atoms with van der Waals surface area (Å²) in [5.41, 5.74) is 0.691. The number of fused-ring (bicyclic) bond motifs is 1. The van der Waals surface area contributed by atoms with Gasteiger partial charge in [0, 0.05) is 23.0 Å². The standard InChI is InChI=1S/C18H19N5O2S/c1-12(2)8-10-20-17-16(23(24)25)18(22-11-21-17)26-14-7-3-5-13-6-4-9-19-15(13)14/h3-7,9,11-12H,8,10H2,1-2H3,(H,20,21,22). The van der Waals surface area contributed by atoms with Gasteiger partial charge in [0.05, 0.1) is 10.4 Å². The largest absolute Gasteiger partial charge is 0.364 e. The number of hydrogen-bond donors (Lipinski definition) is 1. The second kappa shape index (κ2) is 8.09. The summed E-state index contributed by atoms with van der Waals surface area (Å²) in [7, 11) is 0. The average molecular weight is 369 g/mol. The van der Waals surface area contributed by atoms with Crippen LogP contribution in [0.1, 0.15) is 20.3 Å². The number of aromatic nitrogens is 3. The molecular formula is C18H19N5O2S. The summed E-state index contributed by atoms with van der Waals surface area (Å²) in [6, 6.07) is 9.57. The van der Waals surface area contributed by atoms with E-state index in [1.165, 1.54) is 18.1 Å². The van der Waals surface area contributed by atoms with Gasteiger partial charge in [-0.05, 0) is 24.5 Å². The third-order valence-corrected chi connectivity index (χ3v) is 4.83. The number of hydrogen-bond acceptors (Lipinski definition) is 7. The first-order valence-electron chi connectivity index (χ1n) is 8.31. The molecule has 7 nitrogen and oxygen atoms in total. The van der Waals surface area contributed by atoms with E-state index in [1.807, 2.05) is 30.3 Å². The van der Waals surface area contributed by atoms with Crippen LogP contribution in [0.25, 0.3) is 10.9 Å². The molecule has 3 aromatic rings. The topological polar surface area (TPSA) is 93.8 Å². The van der Waals surface area contributed by atoms with Crippen molar-refractivity contribution in [1.29, 1.82) is 0 Å². The van der Waals surface area contributed by atoms with Crippen LogP contribution >= 0.6 is 11.8 Å². The lowest BCUT2D eigenvalue weighted by atomic mass is 10.1. The van der Waals surface area contributed by atoms with Crippen LogP contribution in [0, 0.1) is 16.0 Å². The Hall–Kier alpha value is -2.74. The van der Waals surface area contributed by atoms with Gasteiger partial charge in [0.2, 0.25) is 5.82 Å². The minimum absolute atomic E-state index is 0.103. The monoisotopic (exact) mass is 369 g/mol. The van der Waals surface area contributed by atoms with E-state index < -0.39 is 4.92 Å². The van der Waals surface area contributed by atoms with E-state index in [0.717, 1.165) is 22.2 Å². The van der Waals surface area contributed by atoms with E-state index in [0.29, 0.717) is 17.5 Å². The van der Waals surface area contributed by atoms with Crippen molar-refractivity contribution >= 4 is 34.2 Å². The lowest BCUT2D eigenvalue weighted by Gasteiger charge is -2.10. The SMILES string of the molecule is CC(C)CCNc1ncnc(Sc2cccc3cccnc23)c1[N+](=O)[O-]. The molecule has 1 N–H and O–H groups in total. The molecule has 26 heavy (non-hydrogen) atoms. The summed E-state index contributed by atoms with van der Waals surface area (Å²) in [6.07, 6.45) is 3.96. The van der Waals surface area contributed by atoms with Crippen molar-refractivity contribution in [3.05, 3.63) is 53.0 Å². The number of nitro groups is 1. The highest BCUT2D eigenvalue weighted by molar-refractivity contribution is 7.99. The molecule has 0 radical (unpaired) electrons. The molecule has 3 rings (SSSR count). The van der Waals surface area contributed by atoms with Gasteiger partial charge in [-0.3, -0.25) is 15.1 Å². The van der Waals surface area contributed by atoms with Crippen LogP contribution in [-0.4, -0.2) is 26.4 Å². The average Bonchev–Trinajstić information content (AvgIpc) is 2.61. The minimum Gasteiger partial charge on any atom is -0.364 e. The molecule has 0 aliphatic heterocycles. The number of rotatable bonds is 7. The van der Waals surface area contributed by atoms with E-state index in [1.54, 1.807) is 6.20 Å². The number of nitrogens with zero attached hydrogens (tertiary/aromatic N) is 4. The number of pyridine rings is 1. The van der Waals surface area contributed by atoms with Crippen molar-refractivity contribution in [3.63, 3.8) is 0 Å². The zero-order valence-corrected chi connectivity index (χ0v) is 15.4. The quantitative estimate of drug-likeness (QED) is 0.371. The number of benzene rings is 1. The smallest absolute Gasteiger partial charge is 0.343 e. The molecule has 2 heterocycles. The van der Waals surface area contributed by atoms with Crippen molar-refractivity contribution in [2.75, 3.05) is 11.9 Å². The fourth-order valence-corrected chi connectivity index (χ4v) is 3.46. The second-order valence-electron chi connectivity index (χ2n) is 6.18. The Morgan fingerprint density at radius 3 is 2.77 bits per heavy atom. The molecular weight excluding hydrogens is 350 g/mol. The molecule has 0 aliphatic carbocycles. The lowest BCUT2D eigenvalue weighted by molar-refractivity contribution is -0.387. The summed E-state index contributed by atoms with van der Waals surface area (Å²) >= 11 is 1.23. The maximum atomic E-state index is 11.7. The van der Waals surface area contributed by atoms with E-state index >= 15 is 0 Å². The van der Waals surface area contributed by atoms with Crippen LogP contribution in [-0.2, 0) is 0 Å². The molecule has 8 heteroatoms. The molecule has 1 aromatic carbocycles. The maximum absolute atomic E-state index is 11.7. The second-order valence-corrected chi connectivity index (χ2v) is 7.21. The van der Waals surface area contributed by atoms with Gasteiger partial charge in [-0.25, -0.2) is 9.97 Å². The third-order valence-electron chi connectivity index (χ3n) is 3.79. The molecule has 134 valence electrons. The molecule has 0 fully saturated rings. The minimum atomic E-state index is -0.432. The normalized spacial score (nSPS) is 11.0. The highest BCUT2D eigenvalue weighted by Gasteiger charge is 2.24. The predicted molar refractivity (Wildman–Crippen MR) is 102 cm³/mol. The summed E-state index contributed by atoms with van der Waals surface area (Å²) in [5, 5.41) is 16.0. The molecule has 2 aromatic heterocycles. The van der Waals surface area contributed by atoms with E-state index in [9.17, 15) is 10.1 Å². The third kappa shape index (κ3) is 4.08. The van der Waals surface area contributed by atoms with Crippen LogP contribution in [0.5, 0.6) is 0 Å². The predicted octanol–water partition coefficient (Wildman–Crippen LogP) is 4.54. The van der Waals surface area contributed by atoms with E-state index in [4.69, 9.17) is 0 Å². The van der Waals surface area contributed by atoms with Crippen molar-refractivity contribution < 1.29 is 4.92 Å². The number of nitrogens with one attached hydrogen (secondary N) is 1. The molecule has 0 bridgehead atoms. The van der Waals surface area contributed by atoms with Crippen LogP contribution in [0.2, 0.25) is 0 Å². The molecule has 0 saturated carbocycles. The Kier molecular flexibility index (Phi) is 5.62. The van der Waals surface area contributed by atoms with Gasteiger partial charge in [0.15, 0.2) is 5.03 Å². The Balaban J connectivity index is 1.95. The molecule has 0 spiro atoms. The molecule has 0 amide bonds. The fraction of sp³-hybridized carbons (Fsp3) is 0.278. The lowest BCUT2D eigenvalue weighted by Crippen LogP contribution is -2.09. The Morgan fingerprint density at radius 1 is 1.19 bits per heavy atom. The van der Waals surface area contributed by atoms with Crippen molar-refractivity contribution in [2.24, 2.45) is 5.92 Å². The van der Waals surface area contributed by atoms with Crippen LogP contribution in [0.3, 0.4) is 0 Å². The van der Waals surface area contributed by atoms with Crippen LogP contribution in [0.4, 0.5) is 11.5 Å². The molecule has 0 saturated heterocycles. The van der Waals surface area contributed by atoms with Crippen molar-refractivity contribution in [3.8, 4) is 0 Å².